The number of benzene rings is 2. The fraction of sp³-hybridized carbons (Fsp3) is 0.333. The largest absolute Gasteiger partial charge is 0.484 e. The van der Waals surface area contributed by atoms with Crippen LogP contribution in [0.1, 0.15) is 22.8 Å². The van der Waals surface area contributed by atoms with Crippen LogP contribution in [0.3, 0.4) is 0 Å². The van der Waals surface area contributed by atoms with Gasteiger partial charge in [0, 0.05) is 13.1 Å². The van der Waals surface area contributed by atoms with Crippen LogP contribution >= 0.6 is 0 Å². The molecule has 0 saturated carbocycles. The van der Waals surface area contributed by atoms with Crippen molar-refractivity contribution < 1.29 is 17.9 Å². The first-order valence-electron chi connectivity index (χ1n) is 7.54. The number of ether oxygens (including phenoxy) is 1. The number of halogens is 3. The molecule has 3 rings (SSSR count). The molecule has 0 N–H and O–H groups in total. The van der Waals surface area contributed by atoms with E-state index in [-0.39, 0.29) is 6.10 Å². The van der Waals surface area contributed by atoms with E-state index in [4.69, 9.17) is 4.74 Å². The van der Waals surface area contributed by atoms with Gasteiger partial charge in [-0.1, -0.05) is 24.3 Å². The molecular weight excluding hydrogens is 303 g/mol. The topological polar surface area (TPSA) is 12.5 Å². The van der Waals surface area contributed by atoms with Crippen LogP contribution in [-0.4, -0.2) is 25.0 Å². The molecule has 0 saturated heterocycles. The molecule has 122 valence electrons. The summed E-state index contributed by atoms with van der Waals surface area (Å²) in [6.45, 7) is 1.64. The van der Waals surface area contributed by atoms with Crippen molar-refractivity contribution in [1.29, 1.82) is 0 Å². The monoisotopic (exact) mass is 321 g/mol. The van der Waals surface area contributed by atoms with Gasteiger partial charge in [-0.3, -0.25) is 0 Å². The normalized spacial score (nSPS) is 19.0. The van der Waals surface area contributed by atoms with E-state index in [1.54, 1.807) is 0 Å². The Bertz CT molecular complexity index is 667. The minimum atomic E-state index is -4.33. The summed E-state index contributed by atoms with van der Waals surface area (Å²) in [6.07, 6.45) is -3.57. The van der Waals surface area contributed by atoms with Crippen molar-refractivity contribution in [3.8, 4) is 5.75 Å². The number of hydrogen-bond acceptors (Lipinski definition) is 2. The molecule has 1 aliphatic heterocycles. The van der Waals surface area contributed by atoms with E-state index < -0.39 is 11.7 Å². The number of alkyl halides is 3. The predicted octanol–water partition coefficient (Wildman–Crippen LogP) is 4.31. The zero-order valence-electron chi connectivity index (χ0n) is 12.8. The van der Waals surface area contributed by atoms with Gasteiger partial charge in [0.05, 0.1) is 5.56 Å². The molecule has 0 aromatic heterocycles. The number of nitrogens with zero attached hydrogens (tertiary/aromatic N) is 1. The smallest absolute Gasteiger partial charge is 0.416 e. The molecule has 1 unspecified atom stereocenters. The summed E-state index contributed by atoms with van der Waals surface area (Å²) in [4.78, 5) is 2.18. The Kier molecular flexibility index (Phi) is 4.31. The highest BCUT2D eigenvalue weighted by atomic mass is 19.4. The van der Waals surface area contributed by atoms with E-state index in [2.05, 4.69) is 11.0 Å². The lowest BCUT2D eigenvalue weighted by molar-refractivity contribution is -0.137. The molecule has 0 amide bonds. The minimum absolute atomic E-state index is 0.185. The second-order valence-corrected chi connectivity index (χ2v) is 5.84. The van der Waals surface area contributed by atoms with Crippen molar-refractivity contribution in [3.63, 3.8) is 0 Å². The molecule has 0 radical (unpaired) electrons. The highest BCUT2D eigenvalue weighted by Gasteiger charge is 2.30. The van der Waals surface area contributed by atoms with E-state index in [0.717, 1.165) is 30.7 Å². The molecule has 0 spiro atoms. The fourth-order valence-electron chi connectivity index (χ4n) is 2.85. The predicted molar refractivity (Wildman–Crippen MR) is 82.5 cm³/mol. The van der Waals surface area contributed by atoms with Gasteiger partial charge in [-0.15, -0.1) is 0 Å². The highest BCUT2D eigenvalue weighted by molar-refractivity contribution is 5.34. The first kappa shape index (κ1) is 15.9. The lowest BCUT2D eigenvalue weighted by Crippen LogP contribution is -2.26. The second kappa shape index (κ2) is 6.24. The van der Waals surface area contributed by atoms with E-state index in [1.165, 1.54) is 17.7 Å². The van der Waals surface area contributed by atoms with Gasteiger partial charge in [0.2, 0.25) is 0 Å². The summed E-state index contributed by atoms with van der Waals surface area (Å²) in [7, 11) is 2.02. The first-order chi connectivity index (χ1) is 10.9. The Labute approximate surface area is 133 Å². The zero-order valence-corrected chi connectivity index (χ0v) is 12.8. The molecule has 0 bridgehead atoms. The lowest BCUT2D eigenvalue weighted by atomic mass is 10.0. The van der Waals surface area contributed by atoms with Crippen LogP contribution in [0, 0.1) is 0 Å². The third-order valence-electron chi connectivity index (χ3n) is 4.10. The molecule has 2 aromatic rings. The SMILES string of the molecule is CN1CCc2ccccc2C(Oc2ccc(C(F)(F)F)cc2)C1. The van der Waals surface area contributed by atoms with Crippen molar-refractivity contribution in [3.05, 3.63) is 65.2 Å². The number of fused-ring (bicyclic) bond motifs is 1. The van der Waals surface area contributed by atoms with Crippen LogP contribution in [0.5, 0.6) is 5.75 Å². The van der Waals surface area contributed by atoms with Gasteiger partial charge in [-0.05, 0) is 48.9 Å². The van der Waals surface area contributed by atoms with E-state index in [0.29, 0.717) is 12.3 Å². The molecule has 1 atom stereocenters. The average molecular weight is 321 g/mol. The quantitative estimate of drug-likeness (QED) is 0.817. The molecule has 1 aliphatic rings. The van der Waals surface area contributed by atoms with Gasteiger partial charge in [-0.2, -0.15) is 13.2 Å². The standard InChI is InChI=1S/C18H18F3NO/c1-22-11-10-13-4-2-3-5-16(13)17(12-22)23-15-8-6-14(7-9-15)18(19,20)21/h2-9,17H,10-12H2,1H3. The van der Waals surface area contributed by atoms with E-state index in [1.807, 2.05) is 25.2 Å². The average Bonchev–Trinajstić information content (AvgIpc) is 2.67. The Morgan fingerprint density at radius 3 is 2.43 bits per heavy atom. The summed E-state index contributed by atoms with van der Waals surface area (Å²) in [5.41, 5.74) is 1.67. The van der Waals surface area contributed by atoms with Gasteiger partial charge < -0.3 is 9.64 Å². The summed E-state index contributed by atoms with van der Waals surface area (Å²) < 4.78 is 43.9. The zero-order chi connectivity index (χ0) is 16.4. The van der Waals surface area contributed by atoms with Gasteiger partial charge in [-0.25, -0.2) is 0 Å². The van der Waals surface area contributed by atoms with Gasteiger partial charge in [0.25, 0.3) is 0 Å². The number of likely N-dealkylation sites (N-methyl/N-ethyl adjacent to an activating group) is 1. The van der Waals surface area contributed by atoms with Crippen LogP contribution in [-0.2, 0) is 12.6 Å². The van der Waals surface area contributed by atoms with Crippen LogP contribution in [0.4, 0.5) is 13.2 Å². The maximum absolute atomic E-state index is 12.6. The molecular formula is C18H18F3NO. The minimum Gasteiger partial charge on any atom is -0.484 e. The Morgan fingerprint density at radius 2 is 1.74 bits per heavy atom. The van der Waals surface area contributed by atoms with Gasteiger partial charge >= 0.3 is 6.18 Å². The van der Waals surface area contributed by atoms with Crippen LogP contribution in [0.25, 0.3) is 0 Å². The maximum Gasteiger partial charge on any atom is 0.416 e. The van der Waals surface area contributed by atoms with Crippen molar-refractivity contribution in [2.75, 3.05) is 20.1 Å². The molecule has 0 fully saturated rings. The molecule has 0 aliphatic carbocycles. The van der Waals surface area contributed by atoms with E-state index in [9.17, 15) is 13.2 Å². The van der Waals surface area contributed by atoms with E-state index >= 15 is 0 Å². The molecule has 1 heterocycles. The van der Waals surface area contributed by atoms with Crippen LogP contribution in [0.15, 0.2) is 48.5 Å². The Hall–Kier alpha value is -2.01. The van der Waals surface area contributed by atoms with Crippen molar-refractivity contribution >= 4 is 0 Å². The molecule has 23 heavy (non-hydrogen) atoms. The summed E-state index contributed by atoms with van der Waals surface area (Å²) in [5, 5.41) is 0. The molecule has 5 heteroatoms. The summed E-state index contributed by atoms with van der Waals surface area (Å²) in [5.74, 6) is 0.452. The molecule has 2 nitrogen and oxygen atoms in total. The van der Waals surface area contributed by atoms with Crippen molar-refractivity contribution in [2.24, 2.45) is 0 Å². The lowest BCUT2D eigenvalue weighted by Gasteiger charge is -2.23. The highest BCUT2D eigenvalue weighted by Crippen LogP contribution is 2.32. The summed E-state index contributed by atoms with van der Waals surface area (Å²) in [6, 6.07) is 13.0. The second-order valence-electron chi connectivity index (χ2n) is 5.84. The van der Waals surface area contributed by atoms with Crippen molar-refractivity contribution in [2.45, 2.75) is 18.7 Å². The summed E-state index contributed by atoms with van der Waals surface area (Å²) >= 11 is 0. The Morgan fingerprint density at radius 1 is 1.04 bits per heavy atom. The van der Waals surface area contributed by atoms with Gasteiger partial charge in [0.1, 0.15) is 11.9 Å². The third-order valence-corrected chi connectivity index (χ3v) is 4.10. The fourth-order valence-corrected chi connectivity index (χ4v) is 2.85. The third kappa shape index (κ3) is 3.67. The maximum atomic E-state index is 12.6. The first-order valence-corrected chi connectivity index (χ1v) is 7.54. The van der Waals surface area contributed by atoms with Crippen LogP contribution in [0.2, 0.25) is 0 Å². The van der Waals surface area contributed by atoms with Crippen molar-refractivity contribution in [1.82, 2.24) is 4.90 Å². The number of rotatable bonds is 2. The number of hydrogen-bond donors (Lipinski definition) is 0. The van der Waals surface area contributed by atoms with Crippen LogP contribution < -0.4 is 4.74 Å². The van der Waals surface area contributed by atoms with Gasteiger partial charge in [0.15, 0.2) is 0 Å². The molecule has 2 aromatic carbocycles. The Balaban J connectivity index is 1.84.